The van der Waals surface area contributed by atoms with E-state index in [1.165, 1.54) is 0 Å². The number of ether oxygens (including phenoxy) is 2. The third-order valence-corrected chi connectivity index (χ3v) is 4.57. The van der Waals surface area contributed by atoms with Crippen LogP contribution in [0.25, 0.3) is 0 Å². The molecule has 0 radical (unpaired) electrons. The van der Waals surface area contributed by atoms with Gasteiger partial charge in [0.25, 0.3) is 0 Å². The Morgan fingerprint density at radius 2 is 1.25 bits per heavy atom. The second-order valence-electron chi connectivity index (χ2n) is 2.44. The van der Waals surface area contributed by atoms with Gasteiger partial charge in [-0.05, 0) is 58.0 Å². The zero-order valence-electron chi connectivity index (χ0n) is 7.56. The van der Waals surface area contributed by atoms with Crippen molar-refractivity contribution in [2.45, 2.75) is 34.9 Å². The highest BCUT2D eigenvalue weighted by Crippen LogP contribution is 2.18. The van der Waals surface area contributed by atoms with Gasteiger partial charge in [-0.3, -0.25) is 0 Å². The van der Waals surface area contributed by atoms with Crippen molar-refractivity contribution in [1.29, 1.82) is 0 Å². The summed E-state index contributed by atoms with van der Waals surface area (Å²) in [5, 5.41) is 0. The first-order valence-electron chi connectivity index (χ1n) is 4.23. The lowest BCUT2D eigenvalue weighted by Crippen LogP contribution is -2.21. The number of hydrogen-bond acceptors (Lipinski definition) is 2. The monoisotopic (exact) mass is 398 g/mol. The Bertz CT molecular complexity index is 89.1. The zero-order valence-corrected chi connectivity index (χ0v) is 11.9. The summed E-state index contributed by atoms with van der Waals surface area (Å²) in [4.78, 5) is 0. The van der Waals surface area contributed by atoms with E-state index in [0.717, 1.165) is 26.1 Å². The first-order valence-corrected chi connectivity index (χ1v) is 6.72. The van der Waals surface area contributed by atoms with E-state index in [0.29, 0.717) is 0 Å². The molecule has 12 heavy (non-hydrogen) atoms. The quantitative estimate of drug-likeness (QED) is 0.484. The van der Waals surface area contributed by atoms with E-state index in [1.807, 2.05) is 0 Å². The van der Waals surface area contributed by atoms with Crippen LogP contribution in [-0.2, 0) is 9.47 Å². The molecule has 0 aliphatic carbocycles. The number of alkyl halides is 2. The fraction of sp³-hybridized carbons (Fsp3) is 1.00. The van der Waals surface area contributed by atoms with Gasteiger partial charge in [0, 0.05) is 13.2 Å². The van der Waals surface area contributed by atoms with Crippen LogP contribution in [0.15, 0.2) is 0 Å². The Kier molecular flexibility index (Phi) is 9.99. The molecule has 0 aliphatic heterocycles. The van der Waals surface area contributed by atoms with Gasteiger partial charge in [0.05, 0.1) is 0 Å². The van der Waals surface area contributed by atoms with Crippen LogP contribution in [0, 0.1) is 0 Å². The topological polar surface area (TPSA) is 18.5 Å². The maximum atomic E-state index is 5.50. The Labute approximate surface area is 102 Å². The molecule has 0 saturated carbocycles. The Hall–Kier alpha value is 1.38. The van der Waals surface area contributed by atoms with Crippen molar-refractivity contribution in [3.8, 4) is 0 Å². The molecule has 0 aromatic rings. The Morgan fingerprint density at radius 3 is 1.50 bits per heavy atom. The molecular weight excluding hydrogens is 382 g/mol. The lowest BCUT2D eigenvalue weighted by Gasteiger charge is -2.17. The molecule has 0 amide bonds. The van der Waals surface area contributed by atoms with Gasteiger partial charge in [0.15, 0.2) is 0 Å². The van der Waals surface area contributed by atoms with Crippen molar-refractivity contribution >= 4 is 45.2 Å². The predicted molar refractivity (Wildman–Crippen MR) is 68.1 cm³/mol. The third-order valence-electron chi connectivity index (χ3n) is 1.17. The SMILES string of the molecule is CCCOC(I)C(I)OCCC. The fourth-order valence-electron chi connectivity index (χ4n) is 0.612. The zero-order chi connectivity index (χ0) is 9.40. The van der Waals surface area contributed by atoms with Crippen molar-refractivity contribution in [3.05, 3.63) is 0 Å². The lowest BCUT2D eigenvalue weighted by molar-refractivity contribution is 0.0275. The molecule has 4 heteroatoms. The van der Waals surface area contributed by atoms with Gasteiger partial charge in [0.2, 0.25) is 0 Å². The predicted octanol–water partition coefficient (Wildman–Crippen LogP) is 3.36. The number of rotatable bonds is 7. The molecule has 0 N–H and O–H groups in total. The summed E-state index contributed by atoms with van der Waals surface area (Å²) in [5.74, 6) is 0. The minimum atomic E-state index is 0.176. The van der Waals surface area contributed by atoms with E-state index in [1.54, 1.807) is 0 Å². The van der Waals surface area contributed by atoms with E-state index in [2.05, 4.69) is 59.0 Å². The van der Waals surface area contributed by atoms with Crippen molar-refractivity contribution in [2.24, 2.45) is 0 Å². The van der Waals surface area contributed by atoms with Crippen molar-refractivity contribution < 1.29 is 9.47 Å². The number of hydrogen-bond donors (Lipinski definition) is 0. The minimum absolute atomic E-state index is 0.176. The maximum Gasteiger partial charge on any atom is 0.143 e. The molecule has 0 aromatic heterocycles. The molecule has 2 unspecified atom stereocenters. The van der Waals surface area contributed by atoms with Crippen molar-refractivity contribution in [3.63, 3.8) is 0 Å². The van der Waals surface area contributed by atoms with Crippen LogP contribution in [-0.4, -0.2) is 21.4 Å². The molecular formula is C8H16I2O2. The number of halogens is 2. The first-order chi connectivity index (χ1) is 5.72. The molecule has 74 valence electrons. The second kappa shape index (κ2) is 8.96. The Morgan fingerprint density at radius 1 is 0.917 bits per heavy atom. The molecule has 2 nitrogen and oxygen atoms in total. The fourth-order valence-corrected chi connectivity index (χ4v) is 1.54. The van der Waals surface area contributed by atoms with Gasteiger partial charge >= 0.3 is 0 Å². The van der Waals surface area contributed by atoms with Crippen molar-refractivity contribution in [2.75, 3.05) is 13.2 Å². The normalized spacial score (nSPS) is 16.0. The van der Waals surface area contributed by atoms with E-state index in [4.69, 9.17) is 9.47 Å². The summed E-state index contributed by atoms with van der Waals surface area (Å²) in [6.07, 6.45) is 2.13. The largest absolute Gasteiger partial charge is 0.364 e. The third kappa shape index (κ3) is 6.85. The van der Waals surface area contributed by atoms with Crippen LogP contribution >= 0.6 is 45.2 Å². The molecule has 0 saturated heterocycles. The molecule has 2 atom stereocenters. The molecule has 0 rings (SSSR count). The van der Waals surface area contributed by atoms with Crippen LogP contribution in [0.4, 0.5) is 0 Å². The highest BCUT2D eigenvalue weighted by atomic mass is 127. The summed E-state index contributed by atoms with van der Waals surface area (Å²) in [6.45, 7) is 5.86. The van der Waals surface area contributed by atoms with Gasteiger partial charge in [-0.25, -0.2) is 0 Å². The average molecular weight is 398 g/mol. The summed E-state index contributed by atoms with van der Waals surface area (Å²) >= 11 is 4.55. The molecule has 0 bridgehead atoms. The second-order valence-corrected chi connectivity index (χ2v) is 4.90. The summed E-state index contributed by atoms with van der Waals surface area (Å²) < 4.78 is 11.4. The van der Waals surface area contributed by atoms with Crippen LogP contribution in [0.2, 0.25) is 0 Å². The minimum Gasteiger partial charge on any atom is -0.364 e. The molecule has 0 spiro atoms. The molecule has 0 heterocycles. The molecule has 0 aliphatic rings. The van der Waals surface area contributed by atoms with Crippen LogP contribution < -0.4 is 0 Å². The first kappa shape index (κ1) is 13.4. The van der Waals surface area contributed by atoms with Gasteiger partial charge < -0.3 is 9.47 Å². The van der Waals surface area contributed by atoms with Gasteiger partial charge in [0.1, 0.15) is 8.22 Å². The van der Waals surface area contributed by atoms with E-state index in [-0.39, 0.29) is 8.22 Å². The standard InChI is InChI=1S/C8H16I2O2/c1-3-5-11-7(9)8(10)12-6-4-2/h7-8H,3-6H2,1-2H3. The molecule has 0 aromatic carbocycles. The van der Waals surface area contributed by atoms with E-state index in [9.17, 15) is 0 Å². The Balaban J connectivity index is 3.39. The summed E-state index contributed by atoms with van der Waals surface area (Å²) in [6, 6.07) is 0. The van der Waals surface area contributed by atoms with Gasteiger partial charge in [-0.2, -0.15) is 0 Å². The van der Waals surface area contributed by atoms with Gasteiger partial charge in [-0.15, -0.1) is 0 Å². The van der Waals surface area contributed by atoms with E-state index < -0.39 is 0 Å². The van der Waals surface area contributed by atoms with Crippen LogP contribution in [0.5, 0.6) is 0 Å². The lowest BCUT2D eigenvalue weighted by atomic mass is 10.5. The van der Waals surface area contributed by atoms with Crippen LogP contribution in [0.3, 0.4) is 0 Å². The van der Waals surface area contributed by atoms with Crippen molar-refractivity contribution in [1.82, 2.24) is 0 Å². The summed E-state index contributed by atoms with van der Waals surface area (Å²) in [5.41, 5.74) is 0. The highest BCUT2D eigenvalue weighted by molar-refractivity contribution is 14.1. The van der Waals surface area contributed by atoms with E-state index >= 15 is 0 Å². The molecule has 0 fully saturated rings. The average Bonchev–Trinajstić information content (AvgIpc) is 2.10. The van der Waals surface area contributed by atoms with Gasteiger partial charge in [-0.1, -0.05) is 13.8 Å². The maximum absolute atomic E-state index is 5.50. The highest BCUT2D eigenvalue weighted by Gasteiger charge is 2.15. The van der Waals surface area contributed by atoms with Crippen LogP contribution in [0.1, 0.15) is 26.7 Å². The smallest absolute Gasteiger partial charge is 0.143 e. The summed E-state index contributed by atoms with van der Waals surface area (Å²) in [7, 11) is 0.